The molecule has 0 saturated carbocycles. The maximum absolute atomic E-state index is 12.4. The van der Waals surface area contributed by atoms with Crippen LogP contribution < -0.4 is 14.8 Å². The van der Waals surface area contributed by atoms with E-state index in [1.807, 2.05) is 12.1 Å². The molecule has 2 aromatic carbocycles. The van der Waals surface area contributed by atoms with E-state index >= 15 is 0 Å². The van der Waals surface area contributed by atoms with Gasteiger partial charge in [0.1, 0.15) is 13.2 Å². The minimum atomic E-state index is -0.131. The van der Waals surface area contributed by atoms with E-state index in [0.717, 1.165) is 11.3 Å². The van der Waals surface area contributed by atoms with Crippen molar-refractivity contribution in [3.63, 3.8) is 0 Å². The van der Waals surface area contributed by atoms with Crippen molar-refractivity contribution in [1.82, 2.24) is 9.88 Å². The van der Waals surface area contributed by atoms with Crippen LogP contribution in [0, 0.1) is 13.8 Å². The molecule has 0 unspecified atom stereocenters. The maximum Gasteiger partial charge on any atom is 0.251 e. The molecule has 27 heavy (non-hydrogen) atoms. The van der Waals surface area contributed by atoms with E-state index in [1.54, 1.807) is 18.2 Å². The largest absolute Gasteiger partial charge is 0.486 e. The van der Waals surface area contributed by atoms with Crippen LogP contribution in [0.4, 0.5) is 0 Å². The Balaban J connectivity index is 1.42. The molecule has 4 rings (SSSR count). The molecule has 1 aromatic heterocycles. The van der Waals surface area contributed by atoms with E-state index < -0.39 is 0 Å². The number of aromatic nitrogens is 1. The normalized spacial score (nSPS) is 12.7. The smallest absolute Gasteiger partial charge is 0.251 e. The fraction of sp³-hybridized carbons (Fsp3) is 0.227. The van der Waals surface area contributed by atoms with Gasteiger partial charge >= 0.3 is 0 Å². The molecule has 5 heteroatoms. The second-order valence-electron chi connectivity index (χ2n) is 6.66. The zero-order chi connectivity index (χ0) is 18.8. The van der Waals surface area contributed by atoms with Gasteiger partial charge in [0.2, 0.25) is 0 Å². The van der Waals surface area contributed by atoms with Gasteiger partial charge in [-0.05, 0) is 61.9 Å². The Morgan fingerprint density at radius 1 is 0.926 bits per heavy atom. The predicted octanol–water partition coefficient (Wildman–Crippen LogP) is 3.80. The number of rotatable bonds is 4. The highest BCUT2D eigenvalue weighted by Crippen LogP contribution is 2.30. The van der Waals surface area contributed by atoms with Gasteiger partial charge in [0.25, 0.3) is 5.91 Å². The molecule has 1 amide bonds. The molecule has 0 fully saturated rings. The number of hydrogen-bond donors (Lipinski definition) is 1. The zero-order valence-corrected chi connectivity index (χ0v) is 15.5. The van der Waals surface area contributed by atoms with Crippen molar-refractivity contribution in [1.29, 1.82) is 0 Å². The summed E-state index contributed by atoms with van der Waals surface area (Å²) in [6.45, 7) is 5.70. The third-order valence-electron chi connectivity index (χ3n) is 4.72. The molecule has 0 saturated heterocycles. The van der Waals surface area contributed by atoms with Gasteiger partial charge in [-0.2, -0.15) is 0 Å². The summed E-state index contributed by atoms with van der Waals surface area (Å²) in [5.74, 6) is 1.17. The van der Waals surface area contributed by atoms with E-state index in [0.29, 0.717) is 36.8 Å². The van der Waals surface area contributed by atoms with Crippen LogP contribution in [0.1, 0.15) is 27.3 Å². The van der Waals surface area contributed by atoms with Gasteiger partial charge in [0, 0.05) is 29.2 Å². The number of amides is 1. The van der Waals surface area contributed by atoms with Crippen molar-refractivity contribution in [2.24, 2.45) is 0 Å². The SMILES string of the molecule is Cc1ccc(C)n1-c1ccc(CNC(=O)c2ccc3c(c2)OCCO3)cc1. The Morgan fingerprint density at radius 2 is 1.59 bits per heavy atom. The third-order valence-corrected chi connectivity index (χ3v) is 4.72. The number of hydrogen-bond acceptors (Lipinski definition) is 3. The molecular weight excluding hydrogens is 340 g/mol. The fourth-order valence-corrected chi connectivity index (χ4v) is 3.31. The van der Waals surface area contributed by atoms with Gasteiger partial charge < -0.3 is 19.4 Å². The molecular formula is C22H22N2O3. The zero-order valence-electron chi connectivity index (χ0n) is 15.5. The highest BCUT2D eigenvalue weighted by Gasteiger charge is 2.14. The number of carbonyl (C=O) groups excluding carboxylic acids is 1. The van der Waals surface area contributed by atoms with Gasteiger partial charge in [-0.25, -0.2) is 0 Å². The van der Waals surface area contributed by atoms with Crippen molar-refractivity contribution in [2.75, 3.05) is 13.2 Å². The summed E-state index contributed by atoms with van der Waals surface area (Å²) < 4.78 is 13.2. The molecule has 1 aliphatic rings. The van der Waals surface area contributed by atoms with Crippen molar-refractivity contribution in [2.45, 2.75) is 20.4 Å². The minimum absolute atomic E-state index is 0.131. The second kappa shape index (κ2) is 7.19. The van der Waals surface area contributed by atoms with E-state index in [1.165, 1.54) is 11.4 Å². The monoisotopic (exact) mass is 362 g/mol. The number of benzene rings is 2. The minimum Gasteiger partial charge on any atom is -0.486 e. The van der Waals surface area contributed by atoms with Crippen LogP contribution in [0.25, 0.3) is 5.69 Å². The van der Waals surface area contributed by atoms with E-state index in [2.05, 4.69) is 48.0 Å². The summed E-state index contributed by atoms with van der Waals surface area (Å²) in [6.07, 6.45) is 0. The highest BCUT2D eigenvalue weighted by atomic mass is 16.6. The third kappa shape index (κ3) is 3.53. The lowest BCUT2D eigenvalue weighted by atomic mass is 10.1. The molecule has 138 valence electrons. The summed E-state index contributed by atoms with van der Waals surface area (Å²) in [5, 5.41) is 2.96. The number of fused-ring (bicyclic) bond motifs is 1. The molecule has 1 aliphatic heterocycles. The fourth-order valence-electron chi connectivity index (χ4n) is 3.31. The summed E-state index contributed by atoms with van der Waals surface area (Å²) >= 11 is 0. The first-order valence-corrected chi connectivity index (χ1v) is 9.04. The first-order valence-electron chi connectivity index (χ1n) is 9.04. The molecule has 2 heterocycles. The van der Waals surface area contributed by atoms with Crippen molar-refractivity contribution in [3.8, 4) is 17.2 Å². The highest BCUT2D eigenvalue weighted by molar-refractivity contribution is 5.94. The van der Waals surface area contributed by atoms with Crippen LogP contribution >= 0.6 is 0 Å². The number of ether oxygens (including phenoxy) is 2. The Bertz CT molecular complexity index is 954. The lowest BCUT2D eigenvalue weighted by Gasteiger charge is -2.18. The molecule has 5 nitrogen and oxygen atoms in total. The lowest BCUT2D eigenvalue weighted by molar-refractivity contribution is 0.0949. The molecule has 0 radical (unpaired) electrons. The summed E-state index contributed by atoms with van der Waals surface area (Å²) in [4.78, 5) is 12.4. The van der Waals surface area contributed by atoms with Crippen LogP contribution in [0.15, 0.2) is 54.6 Å². The van der Waals surface area contributed by atoms with Gasteiger partial charge in [-0.3, -0.25) is 4.79 Å². The maximum atomic E-state index is 12.4. The number of nitrogens with one attached hydrogen (secondary N) is 1. The summed E-state index contributed by atoms with van der Waals surface area (Å²) in [7, 11) is 0. The molecule has 3 aromatic rings. The van der Waals surface area contributed by atoms with Crippen LogP contribution in [0.3, 0.4) is 0 Å². The molecule has 1 N–H and O–H groups in total. The number of nitrogens with zero attached hydrogens (tertiary/aromatic N) is 1. The first kappa shape index (κ1) is 17.2. The first-order chi connectivity index (χ1) is 13.1. The van der Waals surface area contributed by atoms with Crippen molar-refractivity contribution in [3.05, 3.63) is 77.1 Å². The number of carbonyl (C=O) groups is 1. The van der Waals surface area contributed by atoms with Crippen LogP contribution in [-0.2, 0) is 6.54 Å². The van der Waals surface area contributed by atoms with E-state index in [-0.39, 0.29) is 5.91 Å². The topological polar surface area (TPSA) is 52.5 Å². The average Bonchev–Trinajstić information content (AvgIpc) is 3.04. The Labute approximate surface area is 158 Å². The van der Waals surface area contributed by atoms with Gasteiger partial charge in [0.05, 0.1) is 0 Å². The molecule has 0 aliphatic carbocycles. The van der Waals surface area contributed by atoms with Gasteiger partial charge in [-0.1, -0.05) is 12.1 Å². The van der Waals surface area contributed by atoms with E-state index in [9.17, 15) is 4.79 Å². The Hall–Kier alpha value is -3.21. The summed E-state index contributed by atoms with van der Waals surface area (Å²) in [6, 6.07) is 17.7. The molecule has 0 atom stereocenters. The Kier molecular flexibility index (Phi) is 4.59. The second-order valence-corrected chi connectivity index (χ2v) is 6.66. The van der Waals surface area contributed by atoms with Crippen LogP contribution in [-0.4, -0.2) is 23.7 Å². The summed E-state index contributed by atoms with van der Waals surface area (Å²) in [5.41, 5.74) is 5.14. The standard InChI is InChI=1S/C22H22N2O3/c1-15-3-4-16(2)24(15)19-8-5-17(6-9-19)14-23-22(25)18-7-10-20-21(13-18)27-12-11-26-20/h3-10,13H,11-12,14H2,1-2H3,(H,23,25). The predicted molar refractivity (Wildman–Crippen MR) is 104 cm³/mol. The quantitative estimate of drug-likeness (QED) is 0.768. The van der Waals surface area contributed by atoms with E-state index in [4.69, 9.17) is 9.47 Å². The molecule has 0 bridgehead atoms. The number of aryl methyl sites for hydroxylation is 2. The van der Waals surface area contributed by atoms with Gasteiger partial charge in [-0.15, -0.1) is 0 Å². The van der Waals surface area contributed by atoms with Crippen molar-refractivity contribution >= 4 is 5.91 Å². The Morgan fingerprint density at radius 3 is 2.30 bits per heavy atom. The van der Waals surface area contributed by atoms with Crippen LogP contribution in [0.5, 0.6) is 11.5 Å². The van der Waals surface area contributed by atoms with Crippen LogP contribution in [0.2, 0.25) is 0 Å². The molecule has 0 spiro atoms. The lowest BCUT2D eigenvalue weighted by Crippen LogP contribution is -2.23. The van der Waals surface area contributed by atoms with Gasteiger partial charge in [0.15, 0.2) is 11.5 Å². The average molecular weight is 362 g/mol. The van der Waals surface area contributed by atoms with Crippen molar-refractivity contribution < 1.29 is 14.3 Å².